The summed E-state index contributed by atoms with van der Waals surface area (Å²) in [5.74, 6) is 3.60. The van der Waals surface area contributed by atoms with Crippen molar-refractivity contribution in [1.82, 2.24) is 15.1 Å². The SMILES string of the molecule is COc1ccccc1N1CCN(CCCCNC(=O)C2CCCN2C(=O)C23CC4CC(CC(C4)C2)C3)CC1. The Morgan fingerprint density at radius 2 is 1.63 bits per heavy atom. The second-order valence-electron chi connectivity index (χ2n) is 12.9. The second-order valence-corrected chi connectivity index (χ2v) is 12.9. The highest BCUT2D eigenvalue weighted by Gasteiger charge is 2.56. The number of carbonyl (C=O) groups excluding carboxylic acids is 2. The van der Waals surface area contributed by atoms with Crippen LogP contribution in [0.5, 0.6) is 5.75 Å². The molecule has 6 aliphatic rings. The summed E-state index contributed by atoms with van der Waals surface area (Å²) < 4.78 is 5.54. The minimum atomic E-state index is -0.251. The highest BCUT2D eigenvalue weighted by Crippen LogP contribution is 2.60. The first kappa shape index (κ1) is 26.0. The molecule has 4 bridgehead atoms. The molecule has 1 aromatic carbocycles. The van der Waals surface area contributed by atoms with Gasteiger partial charge < -0.3 is 19.9 Å². The summed E-state index contributed by atoms with van der Waals surface area (Å²) in [6, 6.07) is 8.00. The lowest BCUT2D eigenvalue weighted by atomic mass is 9.49. The summed E-state index contributed by atoms with van der Waals surface area (Å²) in [5, 5.41) is 3.19. The lowest BCUT2D eigenvalue weighted by molar-refractivity contribution is -0.160. The van der Waals surface area contributed by atoms with Crippen LogP contribution in [0.2, 0.25) is 0 Å². The molecule has 38 heavy (non-hydrogen) atoms. The highest BCUT2D eigenvalue weighted by atomic mass is 16.5. The number of amides is 2. The van der Waals surface area contributed by atoms with E-state index in [4.69, 9.17) is 4.74 Å². The number of nitrogens with one attached hydrogen (secondary N) is 1. The van der Waals surface area contributed by atoms with Crippen LogP contribution < -0.4 is 15.0 Å². The molecule has 1 N–H and O–H groups in total. The van der Waals surface area contributed by atoms with Gasteiger partial charge in [-0.15, -0.1) is 0 Å². The molecular formula is C31H46N4O3. The predicted molar refractivity (Wildman–Crippen MR) is 149 cm³/mol. The maximum atomic E-state index is 13.8. The Labute approximate surface area is 228 Å². The van der Waals surface area contributed by atoms with Gasteiger partial charge in [-0.2, -0.15) is 0 Å². The van der Waals surface area contributed by atoms with Crippen LogP contribution in [0.15, 0.2) is 24.3 Å². The fraction of sp³-hybridized carbons (Fsp3) is 0.742. The van der Waals surface area contributed by atoms with Gasteiger partial charge in [0.1, 0.15) is 11.8 Å². The summed E-state index contributed by atoms with van der Waals surface area (Å²) in [5.41, 5.74) is 1.03. The van der Waals surface area contributed by atoms with Crippen LogP contribution >= 0.6 is 0 Å². The van der Waals surface area contributed by atoms with E-state index >= 15 is 0 Å². The monoisotopic (exact) mass is 522 g/mol. The van der Waals surface area contributed by atoms with Crippen molar-refractivity contribution in [1.29, 1.82) is 0 Å². The maximum Gasteiger partial charge on any atom is 0.242 e. The quantitative estimate of drug-likeness (QED) is 0.498. The van der Waals surface area contributed by atoms with Gasteiger partial charge in [0.25, 0.3) is 0 Å². The number of rotatable bonds is 9. The number of methoxy groups -OCH3 is 1. The van der Waals surface area contributed by atoms with Gasteiger partial charge in [0.2, 0.25) is 11.8 Å². The Bertz CT molecular complexity index is 969. The van der Waals surface area contributed by atoms with Crippen LogP contribution in [0.1, 0.15) is 64.2 Å². The van der Waals surface area contributed by atoms with Crippen LogP contribution in [0.3, 0.4) is 0 Å². The van der Waals surface area contributed by atoms with Crippen molar-refractivity contribution < 1.29 is 14.3 Å². The molecule has 7 rings (SSSR count). The van der Waals surface area contributed by atoms with E-state index in [1.165, 1.54) is 24.9 Å². The van der Waals surface area contributed by atoms with Crippen LogP contribution in [0, 0.1) is 23.2 Å². The fourth-order valence-electron chi connectivity index (χ4n) is 8.85. The Morgan fingerprint density at radius 3 is 2.32 bits per heavy atom. The number of nitrogens with zero attached hydrogens (tertiary/aromatic N) is 3. The first-order valence-electron chi connectivity index (χ1n) is 15.2. The lowest BCUT2D eigenvalue weighted by Crippen LogP contribution is -2.57. The molecule has 4 aliphatic carbocycles. The van der Waals surface area contributed by atoms with Crippen LogP contribution in [-0.4, -0.2) is 80.6 Å². The number of anilines is 1. The zero-order chi connectivity index (χ0) is 26.1. The number of benzene rings is 1. The van der Waals surface area contributed by atoms with Gasteiger partial charge in [-0.1, -0.05) is 12.1 Å². The Kier molecular flexibility index (Phi) is 7.56. The van der Waals surface area contributed by atoms with Crippen molar-refractivity contribution in [3.8, 4) is 5.75 Å². The Hall–Kier alpha value is -2.28. The van der Waals surface area contributed by atoms with Crippen molar-refractivity contribution >= 4 is 17.5 Å². The van der Waals surface area contributed by atoms with E-state index in [9.17, 15) is 9.59 Å². The van der Waals surface area contributed by atoms with Gasteiger partial charge in [-0.3, -0.25) is 14.5 Å². The minimum Gasteiger partial charge on any atom is -0.495 e. The molecule has 0 radical (unpaired) electrons. The summed E-state index contributed by atoms with van der Waals surface area (Å²) in [4.78, 5) is 33.9. The van der Waals surface area contributed by atoms with E-state index in [1.54, 1.807) is 7.11 Å². The van der Waals surface area contributed by atoms with E-state index in [-0.39, 0.29) is 17.4 Å². The third-order valence-electron chi connectivity index (χ3n) is 10.3. The van der Waals surface area contributed by atoms with Crippen LogP contribution in [0.4, 0.5) is 5.69 Å². The number of carbonyl (C=O) groups is 2. The van der Waals surface area contributed by atoms with Crippen LogP contribution in [-0.2, 0) is 9.59 Å². The van der Waals surface area contributed by atoms with Gasteiger partial charge in [0.05, 0.1) is 18.2 Å². The van der Waals surface area contributed by atoms with E-state index in [0.717, 1.165) is 108 Å². The van der Waals surface area contributed by atoms with Crippen molar-refractivity contribution in [3.05, 3.63) is 24.3 Å². The number of unbranched alkanes of at least 4 members (excludes halogenated alkanes) is 1. The summed E-state index contributed by atoms with van der Waals surface area (Å²) in [6.45, 7) is 6.64. The fourth-order valence-corrected chi connectivity index (χ4v) is 8.85. The molecule has 7 heteroatoms. The van der Waals surface area contributed by atoms with Gasteiger partial charge in [0, 0.05) is 39.3 Å². The normalized spacial score (nSPS) is 32.6. The van der Waals surface area contributed by atoms with Gasteiger partial charge in [0.15, 0.2) is 0 Å². The summed E-state index contributed by atoms with van der Waals surface area (Å²) in [7, 11) is 1.74. The van der Waals surface area contributed by atoms with Gasteiger partial charge in [-0.25, -0.2) is 0 Å². The smallest absolute Gasteiger partial charge is 0.242 e. The molecule has 1 aromatic rings. The van der Waals surface area contributed by atoms with Gasteiger partial charge >= 0.3 is 0 Å². The van der Waals surface area contributed by atoms with Crippen molar-refractivity contribution in [2.75, 3.05) is 57.8 Å². The molecule has 1 unspecified atom stereocenters. The number of hydrogen-bond donors (Lipinski definition) is 1. The zero-order valence-electron chi connectivity index (χ0n) is 23.2. The van der Waals surface area contributed by atoms with Crippen molar-refractivity contribution in [2.45, 2.75) is 70.3 Å². The zero-order valence-corrected chi connectivity index (χ0v) is 23.2. The van der Waals surface area contributed by atoms with Crippen molar-refractivity contribution in [3.63, 3.8) is 0 Å². The molecule has 0 aromatic heterocycles. The van der Waals surface area contributed by atoms with Crippen LogP contribution in [0.25, 0.3) is 0 Å². The molecule has 2 amide bonds. The molecule has 2 saturated heterocycles. The predicted octanol–water partition coefficient (Wildman–Crippen LogP) is 3.92. The minimum absolute atomic E-state index is 0.0750. The van der Waals surface area contributed by atoms with E-state index in [2.05, 4.69) is 27.2 Å². The first-order chi connectivity index (χ1) is 18.5. The maximum absolute atomic E-state index is 13.8. The molecule has 6 fully saturated rings. The number of ether oxygens (including phenoxy) is 1. The molecule has 4 saturated carbocycles. The highest BCUT2D eigenvalue weighted by molar-refractivity contribution is 5.91. The molecule has 2 heterocycles. The first-order valence-corrected chi connectivity index (χ1v) is 15.2. The number of piperazine rings is 1. The molecule has 208 valence electrons. The summed E-state index contributed by atoms with van der Waals surface area (Å²) >= 11 is 0. The molecule has 0 spiro atoms. The largest absolute Gasteiger partial charge is 0.495 e. The topological polar surface area (TPSA) is 65.1 Å². The molecule has 1 atom stereocenters. The van der Waals surface area contributed by atoms with E-state index < -0.39 is 0 Å². The summed E-state index contributed by atoms with van der Waals surface area (Å²) in [6.07, 6.45) is 11.1. The average Bonchev–Trinajstić information content (AvgIpc) is 3.42. The third-order valence-corrected chi connectivity index (χ3v) is 10.3. The number of para-hydroxylation sites is 2. The van der Waals surface area contributed by atoms with Crippen molar-refractivity contribution in [2.24, 2.45) is 23.2 Å². The Balaban J connectivity index is 0.919. The Morgan fingerprint density at radius 1 is 0.947 bits per heavy atom. The van der Waals surface area contributed by atoms with Gasteiger partial charge in [-0.05, 0) is 101 Å². The molecular weight excluding hydrogens is 476 g/mol. The van der Waals surface area contributed by atoms with E-state index in [0.29, 0.717) is 12.5 Å². The third kappa shape index (κ3) is 5.15. The standard InChI is InChI=1S/C31H46N4O3/c1-38-28-9-3-2-7-26(28)34-15-13-33(14-16-34)11-5-4-10-32-29(36)27-8-6-12-35(27)30(37)31-20-23-17-24(21-31)19-25(18-23)22-31/h2-3,7,9,23-25,27H,4-6,8,10-22H2,1H3,(H,32,36). The number of likely N-dealkylation sites (tertiary alicyclic amines) is 1. The average molecular weight is 523 g/mol. The van der Waals surface area contributed by atoms with E-state index in [1.807, 2.05) is 17.0 Å². The number of hydrogen-bond acceptors (Lipinski definition) is 5. The molecule has 2 aliphatic heterocycles. The molecule has 7 nitrogen and oxygen atoms in total. The lowest BCUT2D eigenvalue weighted by Gasteiger charge is -2.56. The second kappa shape index (κ2) is 11.1.